The average Bonchev–Trinajstić information content (AvgIpc) is 2.50. The third-order valence-corrected chi connectivity index (χ3v) is 3.66. The molecule has 0 fully saturated rings. The summed E-state index contributed by atoms with van der Waals surface area (Å²) in [6, 6.07) is 11.8. The summed E-state index contributed by atoms with van der Waals surface area (Å²) in [6.45, 7) is 2.86. The first-order chi connectivity index (χ1) is 10.5. The number of carbonyl (C=O) groups excluding carboxylic acids is 1. The van der Waals surface area contributed by atoms with Crippen LogP contribution in [0.2, 0.25) is 5.02 Å². The zero-order valence-electron chi connectivity index (χ0n) is 12.3. The van der Waals surface area contributed by atoms with Crippen LogP contribution in [0.3, 0.4) is 0 Å². The lowest BCUT2D eigenvalue weighted by Crippen LogP contribution is -2.24. The Morgan fingerprint density at radius 2 is 1.91 bits per heavy atom. The fourth-order valence-electron chi connectivity index (χ4n) is 1.91. The van der Waals surface area contributed by atoms with Crippen molar-refractivity contribution in [2.75, 3.05) is 11.9 Å². The standard InChI is InChI=1S/C17H18ClFN2O/c1-12-2-7-15(10-16(12)18)20-9-8-17(22)21-11-13-3-5-14(19)6-4-13/h2-7,10,20H,8-9,11H2,1H3,(H,21,22). The molecular formula is C17H18ClFN2O. The van der Waals surface area contributed by atoms with Crippen molar-refractivity contribution in [3.05, 3.63) is 64.4 Å². The second-order valence-electron chi connectivity index (χ2n) is 5.04. The Kier molecular flexibility index (Phi) is 5.78. The first-order valence-electron chi connectivity index (χ1n) is 7.06. The third-order valence-electron chi connectivity index (χ3n) is 3.26. The first kappa shape index (κ1) is 16.3. The van der Waals surface area contributed by atoms with E-state index in [2.05, 4.69) is 10.6 Å². The third kappa shape index (κ3) is 5.04. The van der Waals surface area contributed by atoms with Gasteiger partial charge < -0.3 is 10.6 Å². The predicted octanol–water partition coefficient (Wildman–Crippen LogP) is 3.91. The van der Waals surface area contributed by atoms with E-state index in [1.165, 1.54) is 12.1 Å². The lowest BCUT2D eigenvalue weighted by Gasteiger charge is -2.09. The van der Waals surface area contributed by atoms with Crippen molar-refractivity contribution in [1.82, 2.24) is 5.32 Å². The summed E-state index contributed by atoms with van der Waals surface area (Å²) in [4.78, 5) is 11.7. The van der Waals surface area contributed by atoms with Crippen molar-refractivity contribution < 1.29 is 9.18 Å². The van der Waals surface area contributed by atoms with Crippen molar-refractivity contribution in [2.45, 2.75) is 19.9 Å². The number of aryl methyl sites for hydroxylation is 1. The largest absolute Gasteiger partial charge is 0.384 e. The van der Waals surface area contributed by atoms with Gasteiger partial charge in [0.1, 0.15) is 5.82 Å². The van der Waals surface area contributed by atoms with Crippen molar-refractivity contribution in [1.29, 1.82) is 0 Å². The SMILES string of the molecule is Cc1ccc(NCCC(=O)NCc2ccc(F)cc2)cc1Cl. The molecule has 0 aromatic heterocycles. The van der Waals surface area contributed by atoms with Crippen LogP contribution in [0, 0.1) is 12.7 Å². The summed E-state index contributed by atoms with van der Waals surface area (Å²) in [5.74, 6) is -0.342. The molecule has 0 saturated heterocycles. The van der Waals surface area contributed by atoms with E-state index in [0.29, 0.717) is 24.5 Å². The number of anilines is 1. The van der Waals surface area contributed by atoms with Crippen molar-refractivity contribution in [3.8, 4) is 0 Å². The van der Waals surface area contributed by atoms with E-state index in [1.807, 2.05) is 25.1 Å². The predicted molar refractivity (Wildman–Crippen MR) is 87.5 cm³/mol. The lowest BCUT2D eigenvalue weighted by molar-refractivity contribution is -0.121. The fraction of sp³-hybridized carbons (Fsp3) is 0.235. The molecule has 0 spiro atoms. The minimum absolute atomic E-state index is 0.0602. The van der Waals surface area contributed by atoms with Gasteiger partial charge in [0.2, 0.25) is 5.91 Å². The zero-order chi connectivity index (χ0) is 15.9. The van der Waals surface area contributed by atoms with Gasteiger partial charge in [-0.3, -0.25) is 4.79 Å². The minimum Gasteiger partial charge on any atom is -0.384 e. The Bertz CT molecular complexity index is 644. The highest BCUT2D eigenvalue weighted by Gasteiger charge is 2.02. The van der Waals surface area contributed by atoms with Gasteiger partial charge in [0.25, 0.3) is 0 Å². The summed E-state index contributed by atoms with van der Waals surface area (Å²) in [6.07, 6.45) is 0.354. The smallest absolute Gasteiger partial charge is 0.222 e. The lowest BCUT2D eigenvalue weighted by atomic mass is 10.2. The fourth-order valence-corrected chi connectivity index (χ4v) is 2.10. The second-order valence-corrected chi connectivity index (χ2v) is 5.45. The molecule has 2 rings (SSSR count). The highest BCUT2D eigenvalue weighted by Crippen LogP contribution is 2.19. The number of carbonyl (C=O) groups is 1. The number of halogens is 2. The Balaban J connectivity index is 1.71. The average molecular weight is 321 g/mol. The van der Waals surface area contributed by atoms with Crippen LogP contribution in [0.5, 0.6) is 0 Å². The summed E-state index contributed by atoms with van der Waals surface area (Å²) in [5.41, 5.74) is 2.78. The molecule has 0 saturated carbocycles. The van der Waals surface area contributed by atoms with Crippen LogP contribution >= 0.6 is 11.6 Å². The number of hydrogen-bond donors (Lipinski definition) is 2. The highest BCUT2D eigenvalue weighted by molar-refractivity contribution is 6.31. The Hall–Kier alpha value is -2.07. The summed E-state index contributed by atoms with van der Waals surface area (Å²) in [5, 5.41) is 6.65. The van der Waals surface area contributed by atoms with Crippen LogP contribution in [0.4, 0.5) is 10.1 Å². The molecule has 3 nitrogen and oxygen atoms in total. The van der Waals surface area contributed by atoms with Crippen molar-refractivity contribution in [2.24, 2.45) is 0 Å². The molecule has 0 aliphatic heterocycles. The summed E-state index contributed by atoms with van der Waals surface area (Å²) in [7, 11) is 0. The zero-order valence-corrected chi connectivity index (χ0v) is 13.1. The molecule has 116 valence electrons. The van der Waals surface area contributed by atoms with Crippen LogP contribution in [0.25, 0.3) is 0 Å². The molecule has 2 aromatic rings. The van der Waals surface area contributed by atoms with E-state index in [-0.39, 0.29) is 11.7 Å². The molecule has 2 N–H and O–H groups in total. The van der Waals surface area contributed by atoms with Crippen molar-refractivity contribution in [3.63, 3.8) is 0 Å². The molecule has 0 atom stereocenters. The van der Waals surface area contributed by atoms with E-state index < -0.39 is 0 Å². The van der Waals surface area contributed by atoms with Crippen LogP contribution < -0.4 is 10.6 Å². The molecule has 1 amide bonds. The van der Waals surface area contributed by atoms with Gasteiger partial charge >= 0.3 is 0 Å². The number of benzene rings is 2. The number of amides is 1. The van der Waals surface area contributed by atoms with Gasteiger partial charge in [-0.15, -0.1) is 0 Å². The van der Waals surface area contributed by atoms with Gasteiger partial charge in [0, 0.05) is 30.2 Å². The Labute approximate surface area is 134 Å². The maximum atomic E-state index is 12.8. The van der Waals surface area contributed by atoms with Gasteiger partial charge in [0.05, 0.1) is 0 Å². The van der Waals surface area contributed by atoms with Gasteiger partial charge in [-0.25, -0.2) is 4.39 Å². The number of nitrogens with one attached hydrogen (secondary N) is 2. The van der Waals surface area contributed by atoms with Gasteiger partial charge in [0.15, 0.2) is 0 Å². The second kappa shape index (κ2) is 7.80. The van der Waals surface area contributed by atoms with Gasteiger partial charge in [-0.1, -0.05) is 29.8 Å². The molecule has 2 aromatic carbocycles. The molecule has 0 bridgehead atoms. The molecule has 0 unspecified atom stereocenters. The van der Waals surface area contributed by atoms with E-state index in [9.17, 15) is 9.18 Å². The molecule has 22 heavy (non-hydrogen) atoms. The van der Waals surface area contributed by atoms with Crippen LogP contribution in [0.1, 0.15) is 17.5 Å². The van der Waals surface area contributed by atoms with E-state index in [0.717, 1.165) is 16.8 Å². The first-order valence-corrected chi connectivity index (χ1v) is 7.43. The molecule has 0 aliphatic rings. The molecule has 0 aliphatic carbocycles. The van der Waals surface area contributed by atoms with Crippen LogP contribution in [-0.4, -0.2) is 12.5 Å². The molecule has 0 heterocycles. The quantitative estimate of drug-likeness (QED) is 0.847. The van der Waals surface area contributed by atoms with Gasteiger partial charge in [-0.05, 0) is 42.3 Å². The summed E-state index contributed by atoms with van der Waals surface area (Å²) >= 11 is 6.04. The van der Waals surface area contributed by atoms with E-state index in [1.54, 1.807) is 12.1 Å². The van der Waals surface area contributed by atoms with Gasteiger partial charge in [-0.2, -0.15) is 0 Å². The number of hydrogen-bond acceptors (Lipinski definition) is 2. The maximum Gasteiger partial charge on any atom is 0.222 e. The number of rotatable bonds is 6. The highest BCUT2D eigenvalue weighted by atomic mass is 35.5. The Morgan fingerprint density at radius 1 is 1.18 bits per heavy atom. The maximum absolute atomic E-state index is 12.8. The van der Waals surface area contributed by atoms with Crippen LogP contribution in [0.15, 0.2) is 42.5 Å². The molecule has 5 heteroatoms. The van der Waals surface area contributed by atoms with E-state index >= 15 is 0 Å². The minimum atomic E-state index is -0.281. The molecule has 0 radical (unpaired) electrons. The van der Waals surface area contributed by atoms with E-state index in [4.69, 9.17) is 11.6 Å². The monoisotopic (exact) mass is 320 g/mol. The topological polar surface area (TPSA) is 41.1 Å². The van der Waals surface area contributed by atoms with Crippen molar-refractivity contribution >= 4 is 23.2 Å². The summed E-state index contributed by atoms with van der Waals surface area (Å²) < 4.78 is 12.8. The van der Waals surface area contributed by atoms with Crippen LogP contribution in [-0.2, 0) is 11.3 Å². The molecular weight excluding hydrogens is 303 g/mol. The normalized spacial score (nSPS) is 10.3. The Morgan fingerprint density at radius 3 is 2.59 bits per heavy atom.